The standard InChI is InChI=1S/C20H21FO3/c1-3-5-6-7-8-9-10-16-14-15-11-12-17(23-13-4-2)19(21)18(15)20(22)24-16/h3-4,7-8,11-12,14H,1-2,5-6,9-10,13H2/b8-7+. The van der Waals surface area contributed by atoms with Crippen LogP contribution in [0.5, 0.6) is 5.75 Å². The summed E-state index contributed by atoms with van der Waals surface area (Å²) in [5.74, 6) is -0.133. The molecule has 1 aromatic heterocycles. The summed E-state index contributed by atoms with van der Waals surface area (Å²) in [5, 5.41) is 0.433. The molecule has 0 spiro atoms. The van der Waals surface area contributed by atoms with Crippen molar-refractivity contribution in [3.8, 4) is 5.75 Å². The average molecular weight is 328 g/mol. The maximum atomic E-state index is 14.4. The minimum absolute atomic E-state index is 0.0209. The van der Waals surface area contributed by atoms with E-state index in [1.165, 1.54) is 12.1 Å². The Morgan fingerprint density at radius 1 is 1.12 bits per heavy atom. The quantitative estimate of drug-likeness (QED) is 0.483. The number of unbranched alkanes of at least 4 members (excludes halogenated alkanes) is 1. The summed E-state index contributed by atoms with van der Waals surface area (Å²) < 4.78 is 24.8. The van der Waals surface area contributed by atoms with Gasteiger partial charge in [-0.1, -0.05) is 36.9 Å². The van der Waals surface area contributed by atoms with Crippen LogP contribution in [0.2, 0.25) is 0 Å². The molecule has 1 aromatic carbocycles. The zero-order valence-corrected chi connectivity index (χ0v) is 13.6. The van der Waals surface area contributed by atoms with E-state index in [9.17, 15) is 9.18 Å². The minimum atomic E-state index is -0.695. The van der Waals surface area contributed by atoms with E-state index < -0.39 is 11.4 Å². The van der Waals surface area contributed by atoms with Crippen molar-refractivity contribution in [3.05, 3.63) is 77.7 Å². The van der Waals surface area contributed by atoms with Gasteiger partial charge in [-0.3, -0.25) is 0 Å². The number of fused-ring (bicyclic) bond motifs is 1. The van der Waals surface area contributed by atoms with E-state index in [1.54, 1.807) is 12.1 Å². The van der Waals surface area contributed by atoms with Gasteiger partial charge in [-0.15, -0.1) is 6.58 Å². The van der Waals surface area contributed by atoms with Gasteiger partial charge >= 0.3 is 5.63 Å². The summed E-state index contributed by atoms with van der Waals surface area (Å²) in [6, 6.07) is 4.88. The van der Waals surface area contributed by atoms with Gasteiger partial charge in [0, 0.05) is 6.42 Å². The second-order valence-electron chi connectivity index (χ2n) is 5.32. The summed E-state index contributed by atoms with van der Waals surface area (Å²) in [6.07, 6.45) is 10.7. The molecule has 2 aromatic rings. The molecular formula is C20H21FO3. The monoisotopic (exact) mass is 328 g/mol. The lowest BCUT2D eigenvalue weighted by molar-refractivity contribution is 0.343. The fraction of sp³-hybridized carbons (Fsp3) is 0.250. The van der Waals surface area contributed by atoms with Crippen molar-refractivity contribution in [1.82, 2.24) is 0 Å². The highest BCUT2D eigenvalue weighted by Gasteiger charge is 2.14. The molecule has 0 saturated carbocycles. The number of halogens is 1. The molecule has 126 valence electrons. The number of benzene rings is 1. The van der Waals surface area contributed by atoms with E-state index in [-0.39, 0.29) is 17.7 Å². The fourth-order valence-electron chi connectivity index (χ4n) is 2.33. The SMILES string of the molecule is C=CCC/C=C/CCc1cc2ccc(OCC=C)c(F)c2c(=O)o1. The summed E-state index contributed by atoms with van der Waals surface area (Å²) in [7, 11) is 0. The van der Waals surface area contributed by atoms with E-state index in [0.29, 0.717) is 17.6 Å². The average Bonchev–Trinajstić information content (AvgIpc) is 2.57. The van der Waals surface area contributed by atoms with Crippen molar-refractivity contribution in [3.63, 3.8) is 0 Å². The van der Waals surface area contributed by atoms with Crippen LogP contribution in [0.15, 0.2) is 64.9 Å². The molecule has 4 heteroatoms. The highest BCUT2D eigenvalue weighted by atomic mass is 19.1. The molecule has 2 rings (SSSR count). The van der Waals surface area contributed by atoms with Crippen molar-refractivity contribution >= 4 is 10.8 Å². The molecule has 0 aliphatic carbocycles. The van der Waals surface area contributed by atoms with Crippen molar-refractivity contribution in [2.75, 3.05) is 6.61 Å². The van der Waals surface area contributed by atoms with Crippen LogP contribution >= 0.6 is 0 Å². The lowest BCUT2D eigenvalue weighted by atomic mass is 10.1. The molecule has 0 aliphatic heterocycles. The minimum Gasteiger partial charge on any atom is -0.486 e. The number of hydrogen-bond donors (Lipinski definition) is 0. The Labute approximate surface area is 140 Å². The molecule has 0 N–H and O–H groups in total. The topological polar surface area (TPSA) is 39.4 Å². The molecule has 24 heavy (non-hydrogen) atoms. The van der Waals surface area contributed by atoms with Crippen LogP contribution in [0, 0.1) is 5.82 Å². The number of aryl methyl sites for hydroxylation is 1. The van der Waals surface area contributed by atoms with Gasteiger partial charge in [0.2, 0.25) is 0 Å². The summed E-state index contributed by atoms with van der Waals surface area (Å²) in [5.41, 5.74) is -0.681. The van der Waals surface area contributed by atoms with Crippen molar-refractivity contribution < 1.29 is 13.5 Å². The van der Waals surface area contributed by atoms with Crippen LogP contribution < -0.4 is 10.4 Å². The first kappa shape index (κ1) is 17.7. The van der Waals surface area contributed by atoms with E-state index in [2.05, 4.69) is 19.2 Å². The Kier molecular flexibility index (Phi) is 6.55. The Hall–Kier alpha value is -2.62. The van der Waals surface area contributed by atoms with Gasteiger partial charge in [0.15, 0.2) is 11.6 Å². The van der Waals surface area contributed by atoms with Gasteiger partial charge < -0.3 is 9.15 Å². The van der Waals surface area contributed by atoms with Gasteiger partial charge in [0.05, 0.1) is 0 Å². The van der Waals surface area contributed by atoms with Gasteiger partial charge in [0.1, 0.15) is 17.8 Å². The predicted octanol–water partition coefficient (Wildman–Crippen LogP) is 4.95. The molecule has 0 fully saturated rings. The van der Waals surface area contributed by atoms with Gasteiger partial charge in [-0.2, -0.15) is 0 Å². The number of rotatable bonds is 9. The molecule has 0 unspecified atom stereocenters. The summed E-state index contributed by atoms with van der Waals surface area (Å²) in [6.45, 7) is 7.35. The van der Waals surface area contributed by atoms with Crippen molar-refractivity contribution in [2.24, 2.45) is 0 Å². The summed E-state index contributed by atoms with van der Waals surface area (Å²) >= 11 is 0. The molecular weight excluding hydrogens is 307 g/mol. The second kappa shape index (κ2) is 8.87. The Morgan fingerprint density at radius 2 is 1.92 bits per heavy atom. The van der Waals surface area contributed by atoms with Gasteiger partial charge in [0.25, 0.3) is 0 Å². The number of hydrogen-bond acceptors (Lipinski definition) is 3. The Bertz CT molecular complexity index is 802. The van der Waals surface area contributed by atoms with Crippen LogP contribution in [-0.2, 0) is 6.42 Å². The number of allylic oxidation sites excluding steroid dienone is 3. The third kappa shape index (κ3) is 4.44. The highest BCUT2D eigenvalue weighted by Crippen LogP contribution is 2.25. The smallest absolute Gasteiger partial charge is 0.346 e. The maximum Gasteiger partial charge on any atom is 0.346 e. The van der Waals surface area contributed by atoms with E-state index in [4.69, 9.17) is 9.15 Å². The first-order chi connectivity index (χ1) is 11.7. The first-order valence-electron chi connectivity index (χ1n) is 7.92. The van der Waals surface area contributed by atoms with Gasteiger partial charge in [-0.25, -0.2) is 9.18 Å². The molecule has 0 saturated heterocycles. The molecule has 1 heterocycles. The van der Waals surface area contributed by atoms with Crippen molar-refractivity contribution in [2.45, 2.75) is 25.7 Å². The molecule has 0 radical (unpaired) electrons. The normalized spacial score (nSPS) is 11.0. The summed E-state index contributed by atoms with van der Waals surface area (Å²) in [4.78, 5) is 12.1. The predicted molar refractivity (Wildman–Crippen MR) is 95.0 cm³/mol. The molecule has 0 amide bonds. The van der Waals surface area contributed by atoms with Crippen LogP contribution in [0.4, 0.5) is 4.39 Å². The van der Waals surface area contributed by atoms with E-state index >= 15 is 0 Å². The van der Waals surface area contributed by atoms with E-state index in [0.717, 1.165) is 19.3 Å². The molecule has 0 aliphatic rings. The third-order valence-corrected chi connectivity index (χ3v) is 3.50. The number of ether oxygens (including phenoxy) is 1. The van der Waals surface area contributed by atoms with Crippen LogP contribution in [0.3, 0.4) is 0 Å². The van der Waals surface area contributed by atoms with Gasteiger partial charge in [-0.05, 0) is 36.8 Å². The Morgan fingerprint density at radius 3 is 2.67 bits per heavy atom. The highest BCUT2D eigenvalue weighted by molar-refractivity contribution is 5.83. The molecule has 0 bridgehead atoms. The maximum absolute atomic E-state index is 14.4. The first-order valence-corrected chi connectivity index (χ1v) is 7.92. The Balaban J connectivity index is 2.18. The zero-order chi connectivity index (χ0) is 17.4. The lowest BCUT2D eigenvalue weighted by Crippen LogP contribution is -2.06. The van der Waals surface area contributed by atoms with Crippen LogP contribution in [-0.4, -0.2) is 6.61 Å². The molecule has 0 atom stereocenters. The molecule has 3 nitrogen and oxygen atoms in total. The van der Waals surface area contributed by atoms with Crippen LogP contribution in [0.1, 0.15) is 25.0 Å². The zero-order valence-electron chi connectivity index (χ0n) is 13.6. The fourth-order valence-corrected chi connectivity index (χ4v) is 2.33. The van der Waals surface area contributed by atoms with Crippen molar-refractivity contribution in [1.29, 1.82) is 0 Å². The van der Waals surface area contributed by atoms with Crippen LogP contribution in [0.25, 0.3) is 10.8 Å². The largest absolute Gasteiger partial charge is 0.486 e. The second-order valence-corrected chi connectivity index (χ2v) is 5.32. The lowest BCUT2D eigenvalue weighted by Gasteiger charge is -2.07. The third-order valence-electron chi connectivity index (χ3n) is 3.50. The van der Waals surface area contributed by atoms with E-state index in [1.807, 2.05) is 12.2 Å².